The number of nitrogens with one attached hydrogen (secondary N) is 2. The van der Waals surface area contributed by atoms with Crippen molar-refractivity contribution in [1.82, 2.24) is 15.5 Å². The highest BCUT2D eigenvalue weighted by Gasteiger charge is 2.32. The molecule has 2 rings (SSSR count). The standard InChI is InChI=1S/C14H25N3O2/c1-10(2)15-14(19)16-12-7-8-17(9-12)13(18)11-5-3-4-6-11/h10-12H,3-9H2,1-2H3,(H2,15,16,19)/t12-/m1/s1. The van der Waals surface area contributed by atoms with E-state index in [4.69, 9.17) is 0 Å². The summed E-state index contributed by atoms with van der Waals surface area (Å²) in [6.45, 7) is 5.32. The first-order chi connectivity index (χ1) is 9.06. The summed E-state index contributed by atoms with van der Waals surface area (Å²) < 4.78 is 0. The Morgan fingerprint density at radius 3 is 2.47 bits per heavy atom. The van der Waals surface area contributed by atoms with Crippen molar-refractivity contribution in [2.75, 3.05) is 13.1 Å². The van der Waals surface area contributed by atoms with Gasteiger partial charge in [-0.05, 0) is 33.1 Å². The molecule has 2 N–H and O–H groups in total. The lowest BCUT2D eigenvalue weighted by Crippen LogP contribution is -2.46. The molecule has 1 atom stereocenters. The van der Waals surface area contributed by atoms with Crippen LogP contribution in [0.2, 0.25) is 0 Å². The van der Waals surface area contributed by atoms with Gasteiger partial charge in [0.25, 0.3) is 0 Å². The van der Waals surface area contributed by atoms with E-state index in [1.165, 1.54) is 12.8 Å². The Hall–Kier alpha value is -1.26. The molecule has 1 saturated carbocycles. The van der Waals surface area contributed by atoms with Crippen LogP contribution in [0.3, 0.4) is 0 Å². The van der Waals surface area contributed by atoms with Gasteiger partial charge in [0.2, 0.25) is 5.91 Å². The topological polar surface area (TPSA) is 61.4 Å². The van der Waals surface area contributed by atoms with Gasteiger partial charge in [0.1, 0.15) is 0 Å². The molecule has 5 heteroatoms. The smallest absolute Gasteiger partial charge is 0.315 e. The first-order valence-corrected chi connectivity index (χ1v) is 7.42. The van der Waals surface area contributed by atoms with Crippen LogP contribution in [0.1, 0.15) is 46.0 Å². The summed E-state index contributed by atoms with van der Waals surface area (Å²) in [6, 6.07) is 0.108. The highest BCUT2D eigenvalue weighted by molar-refractivity contribution is 5.80. The molecule has 19 heavy (non-hydrogen) atoms. The maximum absolute atomic E-state index is 12.3. The number of urea groups is 1. The van der Waals surface area contributed by atoms with E-state index in [2.05, 4.69) is 10.6 Å². The first kappa shape index (κ1) is 14.2. The van der Waals surface area contributed by atoms with E-state index in [-0.39, 0.29) is 24.0 Å². The third-order valence-corrected chi connectivity index (χ3v) is 3.96. The number of carbonyl (C=O) groups excluding carboxylic acids is 2. The van der Waals surface area contributed by atoms with Crippen LogP contribution in [0, 0.1) is 5.92 Å². The first-order valence-electron chi connectivity index (χ1n) is 7.42. The summed E-state index contributed by atoms with van der Waals surface area (Å²) >= 11 is 0. The highest BCUT2D eigenvalue weighted by Crippen LogP contribution is 2.27. The Labute approximate surface area is 115 Å². The summed E-state index contributed by atoms with van der Waals surface area (Å²) in [5.74, 6) is 0.536. The zero-order chi connectivity index (χ0) is 13.8. The van der Waals surface area contributed by atoms with Gasteiger partial charge in [-0.2, -0.15) is 0 Å². The quantitative estimate of drug-likeness (QED) is 0.813. The molecule has 1 saturated heterocycles. The van der Waals surface area contributed by atoms with Crippen molar-refractivity contribution >= 4 is 11.9 Å². The van der Waals surface area contributed by atoms with Crippen molar-refractivity contribution in [2.45, 2.75) is 58.0 Å². The van der Waals surface area contributed by atoms with E-state index < -0.39 is 0 Å². The second-order valence-electron chi connectivity index (χ2n) is 6.02. The van der Waals surface area contributed by atoms with Crippen molar-refractivity contribution in [2.24, 2.45) is 5.92 Å². The summed E-state index contributed by atoms with van der Waals surface area (Å²) in [5.41, 5.74) is 0. The van der Waals surface area contributed by atoms with Crippen molar-refractivity contribution in [3.05, 3.63) is 0 Å². The van der Waals surface area contributed by atoms with Gasteiger partial charge in [0.05, 0.1) is 0 Å². The normalized spacial score (nSPS) is 23.9. The third kappa shape index (κ3) is 3.85. The summed E-state index contributed by atoms with van der Waals surface area (Å²) in [4.78, 5) is 25.8. The predicted molar refractivity (Wildman–Crippen MR) is 73.7 cm³/mol. The van der Waals surface area contributed by atoms with Gasteiger partial charge in [-0.1, -0.05) is 12.8 Å². The van der Waals surface area contributed by atoms with Crippen LogP contribution < -0.4 is 10.6 Å². The van der Waals surface area contributed by atoms with Gasteiger partial charge in [-0.3, -0.25) is 4.79 Å². The second kappa shape index (κ2) is 6.26. The van der Waals surface area contributed by atoms with Crippen LogP contribution in [0.25, 0.3) is 0 Å². The van der Waals surface area contributed by atoms with Gasteiger partial charge in [0.15, 0.2) is 0 Å². The van der Waals surface area contributed by atoms with Crippen molar-refractivity contribution < 1.29 is 9.59 Å². The molecule has 0 radical (unpaired) electrons. The minimum Gasteiger partial charge on any atom is -0.340 e. The highest BCUT2D eigenvalue weighted by atomic mass is 16.2. The monoisotopic (exact) mass is 267 g/mol. The van der Waals surface area contributed by atoms with Crippen LogP contribution in [0.15, 0.2) is 0 Å². The van der Waals surface area contributed by atoms with Crippen LogP contribution in [-0.2, 0) is 4.79 Å². The molecular formula is C14H25N3O2. The van der Waals surface area contributed by atoms with Crippen LogP contribution >= 0.6 is 0 Å². The molecule has 0 spiro atoms. The minimum absolute atomic E-state index is 0.101. The average Bonchev–Trinajstić information content (AvgIpc) is 2.96. The number of rotatable bonds is 3. The number of hydrogen-bond donors (Lipinski definition) is 2. The maximum Gasteiger partial charge on any atom is 0.315 e. The number of carbonyl (C=O) groups is 2. The van der Waals surface area contributed by atoms with E-state index in [1.54, 1.807) is 0 Å². The Balaban J connectivity index is 1.76. The lowest BCUT2D eigenvalue weighted by atomic mass is 10.1. The van der Waals surface area contributed by atoms with E-state index in [1.807, 2.05) is 18.7 Å². The van der Waals surface area contributed by atoms with Crippen LogP contribution in [0.5, 0.6) is 0 Å². The van der Waals surface area contributed by atoms with E-state index >= 15 is 0 Å². The molecule has 0 bridgehead atoms. The molecular weight excluding hydrogens is 242 g/mol. The molecule has 2 aliphatic rings. The molecule has 0 aromatic rings. The SMILES string of the molecule is CC(C)NC(=O)N[C@@H]1CCN(C(=O)C2CCCC2)C1. The number of nitrogens with zero attached hydrogens (tertiary/aromatic N) is 1. The lowest BCUT2D eigenvalue weighted by molar-refractivity contribution is -0.134. The molecule has 5 nitrogen and oxygen atoms in total. The molecule has 108 valence electrons. The zero-order valence-electron chi connectivity index (χ0n) is 11.9. The Bertz CT molecular complexity index is 338. The fourth-order valence-corrected chi connectivity index (χ4v) is 3.00. The van der Waals surface area contributed by atoms with E-state index in [9.17, 15) is 9.59 Å². The van der Waals surface area contributed by atoms with Gasteiger partial charge in [0, 0.05) is 31.1 Å². The van der Waals surface area contributed by atoms with Gasteiger partial charge < -0.3 is 15.5 Å². The number of amides is 3. The zero-order valence-corrected chi connectivity index (χ0v) is 11.9. The van der Waals surface area contributed by atoms with E-state index in [0.717, 1.165) is 25.8 Å². The van der Waals surface area contributed by atoms with Crippen LogP contribution in [0.4, 0.5) is 4.79 Å². The van der Waals surface area contributed by atoms with Crippen LogP contribution in [-0.4, -0.2) is 42.0 Å². The van der Waals surface area contributed by atoms with Crippen molar-refractivity contribution in [3.63, 3.8) is 0 Å². The van der Waals surface area contributed by atoms with E-state index in [0.29, 0.717) is 12.5 Å². The molecule has 0 aromatic heterocycles. The van der Waals surface area contributed by atoms with Gasteiger partial charge >= 0.3 is 6.03 Å². The Morgan fingerprint density at radius 1 is 1.16 bits per heavy atom. The number of hydrogen-bond acceptors (Lipinski definition) is 2. The van der Waals surface area contributed by atoms with Gasteiger partial charge in [-0.15, -0.1) is 0 Å². The summed E-state index contributed by atoms with van der Waals surface area (Å²) in [5, 5.41) is 5.76. The minimum atomic E-state index is -0.129. The van der Waals surface area contributed by atoms with Gasteiger partial charge in [-0.25, -0.2) is 4.79 Å². The summed E-state index contributed by atoms with van der Waals surface area (Å²) in [7, 11) is 0. The fourth-order valence-electron chi connectivity index (χ4n) is 3.00. The van der Waals surface area contributed by atoms with Crippen molar-refractivity contribution in [3.8, 4) is 0 Å². The molecule has 1 aliphatic carbocycles. The fraction of sp³-hybridized carbons (Fsp3) is 0.857. The average molecular weight is 267 g/mol. The largest absolute Gasteiger partial charge is 0.340 e. The lowest BCUT2D eigenvalue weighted by Gasteiger charge is -2.21. The Kier molecular flexibility index (Phi) is 4.66. The molecule has 2 fully saturated rings. The maximum atomic E-state index is 12.3. The molecule has 1 aliphatic heterocycles. The predicted octanol–water partition coefficient (Wildman–Crippen LogP) is 1.49. The van der Waals surface area contributed by atoms with Crippen molar-refractivity contribution in [1.29, 1.82) is 0 Å². The molecule has 3 amide bonds. The Morgan fingerprint density at radius 2 is 1.84 bits per heavy atom. The second-order valence-corrected chi connectivity index (χ2v) is 6.02. The third-order valence-electron chi connectivity index (χ3n) is 3.96. The summed E-state index contributed by atoms with van der Waals surface area (Å²) in [6.07, 6.45) is 5.32. The molecule has 0 aromatic carbocycles. The number of likely N-dealkylation sites (tertiary alicyclic amines) is 1. The molecule has 0 unspecified atom stereocenters. The molecule has 1 heterocycles.